The fraction of sp³-hybridized carbons (Fsp3) is 0.421. The number of aromatic nitrogens is 2. The summed E-state index contributed by atoms with van der Waals surface area (Å²) in [5.41, 5.74) is 0.852. The molecule has 1 aromatic heterocycles. The van der Waals surface area contributed by atoms with E-state index in [1.807, 2.05) is 0 Å². The molecule has 2 fully saturated rings. The van der Waals surface area contributed by atoms with E-state index in [1.165, 1.54) is 18.5 Å². The number of hydrogen-bond donors (Lipinski definition) is 3. The molecule has 0 radical (unpaired) electrons. The van der Waals surface area contributed by atoms with Gasteiger partial charge in [0.15, 0.2) is 0 Å². The van der Waals surface area contributed by atoms with Crippen molar-refractivity contribution >= 4 is 23.1 Å². The minimum Gasteiger partial charge on any atom is -0.381 e. The maximum atomic E-state index is 14.2. The van der Waals surface area contributed by atoms with Crippen LogP contribution in [-0.4, -0.2) is 41.2 Å². The van der Waals surface area contributed by atoms with Crippen molar-refractivity contribution in [3.8, 4) is 0 Å². The smallest absolute Gasteiger partial charge is 0.275 e. The Kier molecular flexibility index (Phi) is 5.15. The minimum atomic E-state index is -0.496. The minimum absolute atomic E-state index is 0.133. The van der Waals surface area contributed by atoms with E-state index in [4.69, 9.17) is 4.74 Å². The Bertz CT molecular complexity index is 804. The van der Waals surface area contributed by atoms with Gasteiger partial charge in [0.1, 0.15) is 23.0 Å². The molecule has 4 rings (SSSR count). The fourth-order valence-corrected chi connectivity index (χ4v) is 2.97. The van der Waals surface area contributed by atoms with Crippen molar-refractivity contribution in [2.45, 2.75) is 37.8 Å². The normalized spacial score (nSPS) is 17.4. The monoisotopic (exact) mass is 371 g/mol. The molecule has 142 valence electrons. The van der Waals surface area contributed by atoms with Gasteiger partial charge in [-0.05, 0) is 37.8 Å². The second-order valence-corrected chi connectivity index (χ2v) is 6.85. The van der Waals surface area contributed by atoms with E-state index in [0.717, 1.165) is 38.9 Å². The van der Waals surface area contributed by atoms with E-state index >= 15 is 0 Å². The molecule has 1 saturated heterocycles. The fourth-order valence-electron chi connectivity index (χ4n) is 2.97. The first-order valence-electron chi connectivity index (χ1n) is 9.22. The van der Waals surface area contributed by atoms with Crippen molar-refractivity contribution in [3.05, 3.63) is 42.1 Å². The van der Waals surface area contributed by atoms with Crippen molar-refractivity contribution in [3.63, 3.8) is 0 Å². The molecule has 2 aromatic rings. The van der Waals surface area contributed by atoms with Crippen molar-refractivity contribution in [1.82, 2.24) is 9.97 Å². The molecule has 0 bridgehead atoms. The van der Waals surface area contributed by atoms with Gasteiger partial charge in [-0.25, -0.2) is 14.4 Å². The Labute approximate surface area is 156 Å². The number of nitrogens with one attached hydrogen (secondary N) is 3. The molecule has 1 saturated carbocycles. The summed E-state index contributed by atoms with van der Waals surface area (Å²) in [5.74, 6) is -0.371. The number of hydrogen-bond acceptors (Lipinski definition) is 6. The van der Waals surface area contributed by atoms with E-state index in [9.17, 15) is 9.18 Å². The van der Waals surface area contributed by atoms with Gasteiger partial charge in [-0.2, -0.15) is 0 Å². The van der Waals surface area contributed by atoms with Gasteiger partial charge < -0.3 is 20.7 Å². The number of benzene rings is 1. The number of para-hydroxylation sites is 1. The number of rotatable bonds is 6. The van der Waals surface area contributed by atoms with E-state index in [0.29, 0.717) is 23.6 Å². The lowest BCUT2D eigenvalue weighted by Crippen LogP contribution is -2.28. The van der Waals surface area contributed by atoms with Crippen molar-refractivity contribution in [1.29, 1.82) is 0 Å². The first-order chi connectivity index (χ1) is 13.2. The first kappa shape index (κ1) is 17.7. The van der Waals surface area contributed by atoms with Gasteiger partial charge >= 0.3 is 0 Å². The maximum Gasteiger partial charge on any atom is 0.275 e. The van der Waals surface area contributed by atoms with Gasteiger partial charge in [0.25, 0.3) is 5.91 Å². The largest absolute Gasteiger partial charge is 0.381 e. The van der Waals surface area contributed by atoms with Crippen LogP contribution in [0.4, 0.5) is 21.6 Å². The van der Waals surface area contributed by atoms with Gasteiger partial charge in [0.05, 0.1) is 18.1 Å². The van der Waals surface area contributed by atoms with Gasteiger partial charge in [0, 0.05) is 25.3 Å². The Balaban J connectivity index is 1.42. The third kappa shape index (κ3) is 4.51. The van der Waals surface area contributed by atoms with Crippen molar-refractivity contribution in [2.24, 2.45) is 0 Å². The highest BCUT2D eigenvalue weighted by atomic mass is 19.1. The third-order valence-corrected chi connectivity index (χ3v) is 4.65. The summed E-state index contributed by atoms with van der Waals surface area (Å²) in [7, 11) is 0. The number of anilines is 3. The molecule has 0 unspecified atom stereocenters. The molecule has 1 aliphatic carbocycles. The SMILES string of the molecule is O=C(Nc1c(F)cccc1NC1CC1)c1cnc(NC2CCOCC2)cn1. The van der Waals surface area contributed by atoms with Crippen LogP contribution in [0.3, 0.4) is 0 Å². The highest BCUT2D eigenvalue weighted by Crippen LogP contribution is 2.31. The number of nitrogens with zero attached hydrogens (tertiary/aromatic N) is 2. The summed E-state index contributed by atoms with van der Waals surface area (Å²) in [6.07, 6.45) is 6.84. The second-order valence-electron chi connectivity index (χ2n) is 6.85. The van der Waals surface area contributed by atoms with Crippen LogP contribution >= 0.6 is 0 Å². The first-order valence-corrected chi connectivity index (χ1v) is 9.22. The van der Waals surface area contributed by atoms with E-state index < -0.39 is 11.7 Å². The van der Waals surface area contributed by atoms with Crippen LogP contribution in [0.15, 0.2) is 30.6 Å². The maximum absolute atomic E-state index is 14.2. The zero-order valence-electron chi connectivity index (χ0n) is 14.9. The lowest BCUT2D eigenvalue weighted by atomic mass is 10.1. The highest BCUT2D eigenvalue weighted by molar-refractivity contribution is 6.04. The number of carbonyl (C=O) groups excluding carboxylic acids is 1. The van der Waals surface area contributed by atoms with Crippen LogP contribution < -0.4 is 16.0 Å². The van der Waals surface area contributed by atoms with E-state index in [1.54, 1.807) is 12.1 Å². The number of carbonyl (C=O) groups is 1. The zero-order chi connectivity index (χ0) is 18.6. The lowest BCUT2D eigenvalue weighted by molar-refractivity contribution is 0.0904. The number of amides is 1. The average molecular weight is 371 g/mol. The highest BCUT2D eigenvalue weighted by Gasteiger charge is 2.23. The summed E-state index contributed by atoms with van der Waals surface area (Å²) in [5, 5.41) is 9.13. The van der Waals surface area contributed by atoms with Crippen LogP contribution in [-0.2, 0) is 4.74 Å². The second kappa shape index (κ2) is 7.87. The summed E-state index contributed by atoms with van der Waals surface area (Å²) < 4.78 is 19.5. The lowest BCUT2D eigenvalue weighted by Gasteiger charge is -2.23. The van der Waals surface area contributed by atoms with Gasteiger partial charge in [-0.3, -0.25) is 4.79 Å². The zero-order valence-corrected chi connectivity index (χ0v) is 14.9. The molecule has 0 atom stereocenters. The van der Waals surface area contributed by atoms with E-state index in [-0.39, 0.29) is 11.4 Å². The molecule has 1 amide bonds. The van der Waals surface area contributed by atoms with Crippen molar-refractivity contribution < 1.29 is 13.9 Å². The molecular formula is C19H22FN5O2. The van der Waals surface area contributed by atoms with E-state index in [2.05, 4.69) is 25.9 Å². The molecule has 8 heteroatoms. The van der Waals surface area contributed by atoms with Crippen LogP contribution in [0.25, 0.3) is 0 Å². The summed E-state index contributed by atoms with van der Waals surface area (Å²) in [6.45, 7) is 1.46. The van der Waals surface area contributed by atoms with Gasteiger partial charge in [-0.1, -0.05) is 6.07 Å². The molecule has 1 aliphatic heterocycles. The van der Waals surface area contributed by atoms with Crippen molar-refractivity contribution in [2.75, 3.05) is 29.2 Å². The predicted octanol–water partition coefficient (Wildman–Crippen LogP) is 3.03. The Morgan fingerprint density at radius 2 is 1.81 bits per heavy atom. The third-order valence-electron chi connectivity index (χ3n) is 4.65. The predicted molar refractivity (Wildman–Crippen MR) is 100 cm³/mol. The van der Waals surface area contributed by atoms with Crippen LogP contribution in [0.1, 0.15) is 36.2 Å². The Morgan fingerprint density at radius 1 is 1.04 bits per heavy atom. The summed E-state index contributed by atoms with van der Waals surface area (Å²) in [6, 6.07) is 5.33. The molecule has 3 N–H and O–H groups in total. The Morgan fingerprint density at radius 3 is 2.52 bits per heavy atom. The van der Waals surface area contributed by atoms with Gasteiger partial charge in [-0.15, -0.1) is 0 Å². The topological polar surface area (TPSA) is 88.2 Å². The molecule has 2 heterocycles. The number of halogens is 1. The molecule has 2 aliphatic rings. The standard InChI is InChI=1S/C19H22FN5O2/c20-14-2-1-3-15(23-12-4-5-12)18(14)25-19(26)16-10-22-17(11-21-16)24-13-6-8-27-9-7-13/h1-3,10-13,23H,4-9H2,(H,22,24)(H,25,26). The molecule has 1 aromatic carbocycles. The van der Waals surface area contributed by atoms with Crippen LogP contribution in [0.2, 0.25) is 0 Å². The average Bonchev–Trinajstić information content (AvgIpc) is 3.50. The summed E-state index contributed by atoms with van der Waals surface area (Å²) in [4.78, 5) is 20.9. The molecule has 7 nitrogen and oxygen atoms in total. The molecular weight excluding hydrogens is 349 g/mol. The van der Waals surface area contributed by atoms with Gasteiger partial charge in [0.2, 0.25) is 0 Å². The van der Waals surface area contributed by atoms with Crippen LogP contribution in [0.5, 0.6) is 0 Å². The molecule has 27 heavy (non-hydrogen) atoms. The molecule has 0 spiro atoms. The quantitative estimate of drug-likeness (QED) is 0.723. The summed E-state index contributed by atoms with van der Waals surface area (Å²) >= 11 is 0. The number of ether oxygens (including phenoxy) is 1. The Hall–Kier alpha value is -2.74. The van der Waals surface area contributed by atoms with Crippen LogP contribution in [0, 0.1) is 5.82 Å².